The molecular formula is C11H11ClN2O3S2. The molecule has 0 fully saturated rings. The summed E-state index contributed by atoms with van der Waals surface area (Å²) in [4.78, 5) is 3.87. The minimum atomic E-state index is -3.74. The average Bonchev–Trinajstić information content (AvgIpc) is 2.63. The van der Waals surface area contributed by atoms with Crippen LogP contribution in [0.4, 0.5) is 5.69 Å². The smallest absolute Gasteiger partial charge is 0.273 e. The molecule has 102 valence electrons. The van der Waals surface area contributed by atoms with Gasteiger partial charge in [-0.25, -0.2) is 13.4 Å². The highest BCUT2D eigenvalue weighted by molar-refractivity contribution is 7.94. The normalized spacial score (nSPS) is 11.5. The number of hydrogen-bond acceptors (Lipinski definition) is 5. The number of thiazole rings is 1. The van der Waals surface area contributed by atoms with Crippen molar-refractivity contribution >= 4 is 38.6 Å². The molecule has 1 aromatic heterocycles. The Kier molecular flexibility index (Phi) is 3.71. The third-order valence-corrected chi connectivity index (χ3v) is 5.69. The Hall–Kier alpha value is -1.31. The molecule has 0 unspecified atom stereocenters. The van der Waals surface area contributed by atoms with Crippen molar-refractivity contribution in [3.05, 3.63) is 33.9 Å². The number of hydrogen-bond donors (Lipinski definition) is 2. The number of nitrogens with one attached hydrogen (secondary N) is 1. The molecule has 1 aromatic carbocycles. The molecule has 1 heterocycles. The van der Waals surface area contributed by atoms with Crippen LogP contribution in [0.15, 0.2) is 22.4 Å². The van der Waals surface area contributed by atoms with Crippen LogP contribution >= 0.6 is 22.9 Å². The van der Waals surface area contributed by atoms with E-state index < -0.39 is 10.0 Å². The second kappa shape index (κ2) is 4.99. The number of nitrogens with zero attached hydrogens (tertiary/aromatic N) is 1. The van der Waals surface area contributed by atoms with Gasteiger partial charge in [0, 0.05) is 6.07 Å². The summed E-state index contributed by atoms with van der Waals surface area (Å²) in [5, 5.41) is 9.56. The van der Waals surface area contributed by atoms with E-state index >= 15 is 0 Å². The molecule has 2 rings (SSSR count). The number of rotatable bonds is 3. The van der Waals surface area contributed by atoms with Crippen LogP contribution in [0.2, 0.25) is 4.47 Å². The van der Waals surface area contributed by atoms with Crippen LogP contribution in [-0.4, -0.2) is 18.5 Å². The van der Waals surface area contributed by atoms with Crippen LogP contribution in [0.25, 0.3) is 0 Å². The van der Waals surface area contributed by atoms with Gasteiger partial charge in [-0.2, -0.15) is 0 Å². The molecule has 8 heteroatoms. The number of aromatic hydroxyl groups is 1. The number of sulfonamides is 1. The molecular weight excluding hydrogens is 308 g/mol. The van der Waals surface area contributed by atoms with E-state index in [1.807, 2.05) is 0 Å². The molecule has 0 amide bonds. The van der Waals surface area contributed by atoms with Crippen molar-refractivity contribution in [1.29, 1.82) is 0 Å². The summed E-state index contributed by atoms with van der Waals surface area (Å²) in [7, 11) is -3.74. The first-order valence-corrected chi connectivity index (χ1v) is 7.93. The lowest BCUT2D eigenvalue weighted by Gasteiger charge is -2.08. The van der Waals surface area contributed by atoms with Gasteiger partial charge in [0.1, 0.15) is 5.75 Å². The summed E-state index contributed by atoms with van der Waals surface area (Å²) in [5.74, 6) is 0.0271. The van der Waals surface area contributed by atoms with E-state index in [0.29, 0.717) is 11.3 Å². The van der Waals surface area contributed by atoms with E-state index in [-0.39, 0.29) is 20.1 Å². The van der Waals surface area contributed by atoms with Gasteiger partial charge < -0.3 is 5.11 Å². The molecule has 0 spiro atoms. The van der Waals surface area contributed by atoms with Gasteiger partial charge in [-0.1, -0.05) is 29.0 Å². The predicted octanol–water partition coefficient (Wildman–Crippen LogP) is 2.92. The highest BCUT2D eigenvalue weighted by Crippen LogP contribution is 2.29. The molecule has 0 radical (unpaired) electrons. The average molecular weight is 319 g/mol. The zero-order valence-electron chi connectivity index (χ0n) is 10.1. The first kappa shape index (κ1) is 14.1. The summed E-state index contributed by atoms with van der Waals surface area (Å²) in [6.45, 7) is 3.30. The van der Waals surface area contributed by atoms with Gasteiger partial charge in [-0.05, 0) is 25.5 Å². The lowest BCUT2D eigenvalue weighted by molar-refractivity contribution is 0.471. The topological polar surface area (TPSA) is 79.3 Å². The van der Waals surface area contributed by atoms with Crippen molar-refractivity contribution in [2.75, 3.05) is 4.72 Å². The van der Waals surface area contributed by atoms with Gasteiger partial charge in [-0.3, -0.25) is 4.72 Å². The molecule has 2 aromatic rings. The third-order valence-electron chi connectivity index (χ3n) is 2.43. The lowest BCUT2D eigenvalue weighted by Crippen LogP contribution is -2.12. The minimum Gasteiger partial charge on any atom is -0.508 e. The van der Waals surface area contributed by atoms with Crippen molar-refractivity contribution in [1.82, 2.24) is 4.98 Å². The zero-order valence-corrected chi connectivity index (χ0v) is 12.5. The molecule has 0 aliphatic carbocycles. The maximum Gasteiger partial charge on any atom is 0.273 e. The molecule has 5 nitrogen and oxygen atoms in total. The van der Waals surface area contributed by atoms with Crippen molar-refractivity contribution in [3.8, 4) is 5.75 Å². The number of anilines is 1. The monoisotopic (exact) mass is 318 g/mol. The number of halogens is 1. The summed E-state index contributed by atoms with van der Waals surface area (Å²) in [5.41, 5.74) is 1.30. The van der Waals surface area contributed by atoms with Crippen molar-refractivity contribution < 1.29 is 13.5 Å². The van der Waals surface area contributed by atoms with Crippen LogP contribution in [-0.2, 0) is 10.0 Å². The Labute approximate surface area is 119 Å². The third kappa shape index (κ3) is 2.99. The minimum absolute atomic E-state index is 0.0271. The van der Waals surface area contributed by atoms with Gasteiger partial charge in [-0.15, -0.1) is 0 Å². The SMILES string of the molecule is Cc1ccc(NS(=O)(=O)c2sc(Cl)nc2C)cc1O. The van der Waals surface area contributed by atoms with Gasteiger partial charge >= 0.3 is 0 Å². The summed E-state index contributed by atoms with van der Waals surface area (Å²) < 4.78 is 26.9. The first-order valence-electron chi connectivity index (χ1n) is 5.25. The fraction of sp³-hybridized carbons (Fsp3) is 0.182. The molecule has 19 heavy (non-hydrogen) atoms. The van der Waals surface area contributed by atoms with E-state index in [0.717, 1.165) is 11.3 Å². The Morgan fingerprint density at radius 1 is 1.37 bits per heavy atom. The zero-order chi connectivity index (χ0) is 14.2. The number of aryl methyl sites for hydroxylation is 2. The van der Waals surface area contributed by atoms with E-state index in [1.54, 1.807) is 26.0 Å². The molecule has 0 aliphatic heterocycles. The van der Waals surface area contributed by atoms with Crippen LogP contribution in [0.5, 0.6) is 5.75 Å². The van der Waals surface area contributed by atoms with E-state index in [4.69, 9.17) is 11.6 Å². The summed E-state index contributed by atoms with van der Waals surface area (Å²) in [6, 6.07) is 4.55. The molecule has 0 saturated heterocycles. The van der Waals surface area contributed by atoms with Crippen molar-refractivity contribution in [3.63, 3.8) is 0 Å². The van der Waals surface area contributed by atoms with E-state index in [9.17, 15) is 13.5 Å². The molecule has 0 atom stereocenters. The molecule has 0 aliphatic rings. The van der Waals surface area contributed by atoms with Crippen LogP contribution in [0, 0.1) is 13.8 Å². The fourth-order valence-electron chi connectivity index (χ4n) is 1.47. The fourth-order valence-corrected chi connectivity index (χ4v) is 4.26. The standard InChI is InChI=1S/C11H11ClN2O3S2/c1-6-3-4-8(5-9(6)15)14-19(16,17)10-7(2)13-11(12)18-10/h3-5,14-15H,1-2H3. The van der Waals surface area contributed by atoms with E-state index in [2.05, 4.69) is 9.71 Å². The number of benzene rings is 1. The van der Waals surface area contributed by atoms with Gasteiger partial charge in [0.15, 0.2) is 8.68 Å². The lowest BCUT2D eigenvalue weighted by atomic mass is 10.2. The maximum atomic E-state index is 12.2. The van der Waals surface area contributed by atoms with Gasteiger partial charge in [0.2, 0.25) is 0 Å². The maximum absolute atomic E-state index is 12.2. The second-order valence-electron chi connectivity index (χ2n) is 3.95. The van der Waals surface area contributed by atoms with E-state index in [1.165, 1.54) is 6.07 Å². The second-order valence-corrected chi connectivity index (χ2v) is 7.41. The highest BCUT2D eigenvalue weighted by Gasteiger charge is 2.21. The molecule has 2 N–H and O–H groups in total. The van der Waals surface area contributed by atoms with Crippen LogP contribution < -0.4 is 4.72 Å². The Morgan fingerprint density at radius 2 is 2.05 bits per heavy atom. The van der Waals surface area contributed by atoms with Gasteiger partial charge in [0.25, 0.3) is 10.0 Å². The highest BCUT2D eigenvalue weighted by atomic mass is 35.5. The number of phenolic OH excluding ortho intramolecular Hbond substituents is 1. The van der Waals surface area contributed by atoms with Crippen molar-refractivity contribution in [2.24, 2.45) is 0 Å². The first-order chi connectivity index (χ1) is 8.79. The predicted molar refractivity (Wildman–Crippen MR) is 75.5 cm³/mol. The summed E-state index contributed by atoms with van der Waals surface area (Å²) in [6.07, 6.45) is 0. The van der Waals surface area contributed by atoms with Crippen LogP contribution in [0.1, 0.15) is 11.3 Å². The van der Waals surface area contributed by atoms with Crippen molar-refractivity contribution in [2.45, 2.75) is 18.1 Å². The number of phenols is 1. The Balaban J connectivity index is 2.36. The molecule has 0 saturated carbocycles. The number of aromatic nitrogens is 1. The molecule has 0 bridgehead atoms. The quantitative estimate of drug-likeness (QED) is 0.912. The van der Waals surface area contributed by atoms with Gasteiger partial charge in [0.05, 0.1) is 11.4 Å². The Morgan fingerprint density at radius 3 is 2.58 bits per heavy atom. The Bertz CT molecular complexity index is 726. The summed E-state index contributed by atoms with van der Waals surface area (Å²) >= 11 is 6.59. The van der Waals surface area contributed by atoms with Crippen LogP contribution in [0.3, 0.4) is 0 Å². The largest absolute Gasteiger partial charge is 0.508 e.